The van der Waals surface area contributed by atoms with Crippen LogP contribution in [0.15, 0.2) is 65.6 Å². The molecule has 3 aromatic rings. The molecular formula is C22H22N4O3S. The highest BCUT2D eigenvalue weighted by atomic mass is 32.2. The monoisotopic (exact) mass is 422 g/mol. The fourth-order valence-electron chi connectivity index (χ4n) is 4.27. The summed E-state index contributed by atoms with van der Waals surface area (Å²) >= 11 is 0. The molecule has 3 N–H and O–H groups in total. The Morgan fingerprint density at radius 1 is 1.03 bits per heavy atom. The lowest BCUT2D eigenvalue weighted by atomic mass is 10.1. The van der Waals surface area contributed by atoms with Crippen molar-refractivity contribution in [1.29, 1.82) is 0 Å². The first kappa shape index (κ1) is 18.9. The van der Waals surface area contributed by atoms with Crippen LogP contribution in [0.4, 0.5) is 17.1 Å². The number of nitrogens with one attached hydrogen (secondary N) is 3. The zero-order valence-electron chi connectivity index (χ0n) is 16.3. The molecule has 0 bridgehead atoms. The predicted octanol–water partition coefficient (Wildman–Crippen LogP) is 2.76. The summed E-state index contributed by atoms with van der Waals surface area (Å²) in [6, 6.07) is 18.0. The van der Waals surface area contributed by atoms with Crippen LogP contribution in [0.3, 0.4) is 0 Å². The van der Waals surface area contributed by atoms with E-state index in [9.17, 15) is 13.2 Å². The van der Waals surface area contributed by atoms with E-state index >= 15 is 0 Å². The molecule has 1 atom stereocenters. The van der Waals surface area contributed by atoms with Gasteiger partial charge in [-0.2, -0.15) is 0 Å². The second kappa shape index (κ2) is 7.30. The van der Waals surface area contributed by atoms with E-state index < -0.39 is 10.0 Å². The Hall–Kier alpha value is -3.10. The fraction of sp³-hybridized carbons (Fsp3) is 0.227. The van der Waals surface area contributed by atoms with Gasteiger partial charge in [-0.05, 0) is 29.7 Å². The summed E-state index contributed by atoms with van der Waals surface area (Å²) in [6.07, 6.45) is 0.402. The third kappa shape index (κ3) is 3.38. The number of anilines is 3. The Labute approximate surface area is 175 Å². The van der Waals surface area contributed by atoms with Crippen molar-refractivity contribution in [2.24, 2.45) is 0 Å². The fourth-order valence-corrected chi connectivity index (χ4v) is 5.55. The van der Waals surface area contributed by atoms with E-state index in [0.717, 1.165) is 30.7 Å². The molecule has 8 heteroatoms. The number of benzene rings is 3. The topological polar surface area (TPSA) is 90.5 Å². The van der Waals surface area contributed by atoms with Gasteiger partial charge in [0.1, 0.15) is 0 Å². The maximum absolute atomic E-state index is 13.1. The number of carbonyl (C=O) groups excluding carboxylic acids is 1. The minimum Gasteiger partial charge on any atom is -0.364 e. The standard InChI is InChI=1S/C22H22N4O3S/c27-22-13-17-14-23-10-11-26(17)20-9-8-16(12-19(20)24-22)25-30(28,29)21-7-3-5-15-4-1-2-6-18(15)21/h1-9,12,17,23,25H,10-11,13-14H2,(H,24,27). The quantitative estimate of drug-likeness (QED) is 0.604. The highest BCUT2D eigenvalue weighted by Gasteiger charge is 2.30. The van der Waals surface area contributed by atoms with E-state index in [1.165, 1.54) is 0 Å². The molecule has 1 saturated heterocycles. The van der Waals surface area contributed by atoms with Crippen molar-refractivity contribution in [2.45, 2.75) is 17.4 Å². The average molecular weight is 423 g/mol. The highest BCUT2D eigenvalue weighted by molar-refractivity contribution is 7.93. The van der Waals surface area contributed by atoms with Crippen LogP contribution < -0.4 is 20.3 Å². The summed E-state index contributed by atoms with van der Waals surface area (Å²) in [5.41, 5.74) is 1.96. The molecule has 0 spiro atoms. The molecule has 3 aromatic carbocycles. The number of amides is 1. The third-order valence-corrected chi connectivity index (χ3v) is 7.08. The first-order valence-electron chi connectivity index (χ1n) is 9.93. The van der Waals surface area contributed by atoms with Crippen LogP contribution in [0.25, 0.3) is 10.8 Å². The van der Waals surface area contributed by atoms with Gasteiger partial charge in [0, 0.05) is 31.4 Å². The molecule has 2 heterocycles. The maximum atomic E-state index is 13.1. The first-order valence-corrected chi connectivity index (χ1v) is 11.4. The zero-order chi connectivity index (χ0) is 20.7. The number of fused-ring (bicyclic) bond motifs is 4. The van der Waals surface area contributed by atoms with Gasteiger partial charge in [0.25, 0.3) is 10.0 Å². The number of hydrogen-bond donors (Lipinski definition) is 3. The number of hydrogen-bond acceptors (Lipinski definition) is 5. The molecule has 5 rings (SSSR count). The highest BCUT2D eigenvalue weighted by Crippen LogP contribution is 2.35. The Morgan fingerprint density at radius 2 is 1.87 bits per heavy atom. The van der Waals surface area contributed by atoms with Gasteiger partial charge in [-0.1, -0.05) is 36.4 Å². The molecule has 0 aliphatic carbocycles. The number of sulfonamides is 1. The van der Waals surface area contributed by atoms with Gasteiger partial charge >= 0.3 is 0 Å². The minimum absolute atomic E-state index is 0.0680. The van der Waals surface area contributed by atoms with E-state index in [0.29, 0.717) is 23.2 Å². The zero-order valence-corrected chi connectivity index (χ0v) is 17.1. The second-order valence-electron chi connectivity index (χ2n) is 7.62. The summed E-state index contributed by atoms with van der Waals surface area (Å²) in [5, 5.41) is 7.78. The molecule has 30 heavy (non-hydrogen) atoms. The molecule has 0 saturated carbocycles. The van der Waals surface area contributed by atoms with Gasteiger partial charge in [0.2, 0.25) is 5.91 Å². The van der Waals surface area contributed by atoms with E-state index in [2.05, 4.69) is 20.3 Å². The van der Waals surface area contributed by atoms with Crippen molar-refractivity contribution in [3.63, 3.8) is 0 Å². The van der Waals surface area contributed by atoms with Gasteiger partial charge in [-0.3, -0.25) is 9.52 Å². The summed E-state index contributed by atoms with van der Waals surface area (Å²) in [6.45, 7) is 2.40. The van der Waals surface area contributed by atoms with Crippen LogP contribution in [0.2, 0.25) is 0 Å². The van der Waals surface area contributed by atoms with Crippen LogP contribution in [-0.4, -0.2) is 40.0 Å². The third-order valence-electron chi connectivity index (χ3n) is 5.64. The van der Waals surface area contributed by atoms with Crippen LogP contribution in [0.5, 0.6) is 0 Å². The van der Waals surface area contributed by atoms with Crippen molar-refractivity contribution < 1.29 is 13.2 Å². The molecule has 1 unspecified atom stereocenters. The lowest BCUT2D eigenvalue weighted by Gasteiger charge is -2.36. The Bertz CT molecular complexity index is 1240. The lowest BCUT2D eigenvalue weighted by Crippen LogP contribution is -2.51. The van der Waals surface area contributed by atoms with E-state index in [1.54, 1.807) is 30.3 Å². The van der Waals surface area contributed by atoms with E-state index in [1.807, 2.05) is 30.3 Å². The van der Waals surface area contributed by atoms with Crippen molar-refractivity contribution >= 4 is 43.8 Å². The van der Waals surface area contributed by atoms with Gasteiger partial charge in [-0.25, -0.2) is 8.42 Å². The first-order chi connectivity index (χ1) is 14.5. The van der Waals surface area contributed by atoms with Crippen molar-refractivity contribution in [2.75, 3.05) is 34.6 Å². The summed E-state index contributed by atoms with van der Waals surface area (Å²) in [4.78, 5) is 14.8. The Kier molecular flexibility index (Phi) is 4.60. The Morgan fingerprint density at radius 3 is 2.77 bits per heavy atom. The van der Waals surface area contributed by atoms with Crippen molar-refractivity contribution in [3.8, 4) is 0 Å². The number of piperazine rings is 1. The van der Waals surface area contributed by atoms with Crippen LogP contribution in [0, 0.1) is 0 Å². The van der Waals surface area contributed by atoms with Crippen molar-refractivity contribution in [1.82, 2.24) is 5.32 Å². The average Bonchev–Trinajstić information content (AvgIpc) is 2.87. The number of carbonyl (C=O) groups is 1. The normalized spacial score (nSPS) is 18.9. The molecule has 0 radical (unpaired) electrons. The van der Waals surface area contributed by atoms with Gasteiger partial charge in [-0.15, -0.1) is 0 Å². The Balaban J connectivity index is 1.50. The lowest BCUT2D eigenvalue weighted by molar-refractivity contribution is -0.116. The van der Waals surface area contributed by atoms with E-state index in [-0.39, 0.29) is 16.8 Å². The van der Waals surface area contributed by atoms with E-state index in [4.69, 9.17) is 0 Å². The molecule has 1 amide bonds. The molecule has 2 aliphatic heterocycles. The molecule has 2 aliphatic rings. The maximum Gasteiger partial charge on any atom is 0.262 e. The second-order valence-corrected chi connectivity index (χ2v) is 9.27. The summed E-state index contributed by atoms with van der Waals surface area (Å²) in [7, 11) is -3.80. The molecule has 154 valence electrons. The largest absolute Gasteiger partial charge is 0.364 e. The van der Waals surface area contributed by atoms with Crippen molar-refractivity contribution in [3.05, 3.63) is 60.7 Å². The minimum atomic E-state index is -3.80. The van der Waals surface area contributed by atoms with Crippen LogP contribution in [0.1, 0.15) is 6.42 Å². The number of nitrogens with zero attached hydrogens (tertiary/aromatic N) is 1. The van der Waals surface area contributed by atoms with Gasteiger partial charge in [0.15, 0.2) is 0 Å². The summed E-state index contributed by atoms with van der Waals surface area (Å²) in [5.74, 6) is -0.0680. The smallest absolute Gasteiger partial charge is 0.262 e. The molecule has 1 fully saturated rings. The molecule has 0 aromatic heterocycles. The van der Waals surface area contributed by atoms with Crippen LogP contribution >= 0.6 is 0 Å². The number of rotatable bonds is 3. The molecule has 7 nitrogen and oxygen atoms in total. The summed E-state index contributed by atoms with van der Waals surface area (Å²) < 4.78 is 28.9. The predicted molar refractivity (Wildman–Crippen MR) is 118 cm³/mol. The molecular weight excluding hydrogens is 400 g/mol. The van der Waals surface area contributed by atoms with Gasteiger partial charge < -0.3 is 15.5 Å². The SMILES string of the molecule is O=C1CC2CNCCN2c2ccc(NS(=O)(=O)c3cccc4ccccc34)cc2N1. The van der Waals surface area contributed by atoms with Gasteiger partial charge in [0.05, 0.1) is 28.0 Å². The van der Waals surface area contributed by atoms with Crippen LogP contribution in [-0.2, 0) is 14.8 Å².